The Morgan fingerprint density at radius 1 is 1.59 bits per heavy atom. The lowest BCUT2D eigenvalue weighted by Crippen LogP contribution is -2.39. The summed E-state index contributed by atoms with van der Waals surface area (Å²) in [5.41, 5.74) is 0. The highest BCUT2D eigenvalue weighted by Gasteiger charge is 2.22. The van der Waals surface area contributed by atoms with Crippen molar-refractivity contribution in [2.24, 2.45) is 0 Å². The van der Waals surface area contributed by atoms with E-state index < -0.39 is 0 Å². The van der Waals surface area contributed by atoms with Crippen molar-refractivity contribution in [3.8, 4) is 0 Å². The van der Waals surface area contributed by atoms with Crippen LogP contribution in [0, 0.1) is 0 Å². The molecule has 1 aliphatic rings. The summed E-state index contributed by atoms with van der Waals surface area (Å²) < 4.78 is 5.60. The molecule has 0 amide bonds. The Hall–Kier alpha value is -0.380. The smallest absolute Gasteiger partial charge is 0.0561 e. The van der Waals surface area contributed by atoms with Crippen molar-refractivity contribution < 1.29 is 4.74 Å². The third-order valence-electron chi connectivity index (χ3n) is 3.39. The first-order chi connectivity index (χ1) is 8.29. The summed E-state index contributed by atoms with van der Waals surface area (Å²) in [6.45, 7) is 5.34. The summed E-state index contributed by atoms with van der Waals surface area (Å²) in [5, 5.41) is 5.99. The molecule has 3 heteroatoms. The fourth-order valence-electron chi connectivity index (χ4n) is 2.52. The van der Waals surface area contributed by atoms with Gasteiger partial charge in [0.2, 0.25) is 0 Å². The van der Waals surface area contributed by atoms with Crippen molar-refractivity contribution in [1.29, 1.82) is 0 Å². The lowest BCUT2D eigenvalue weighted by molar-refractivity contribution is 0.0110. The van der Waals surface area contributed by atoms with Gasteiger partial charge in [0.1, 0.15) is 0 Å². The van der Waals surface area contributed by atoms with Crippen LogP contribution in [-0.4, -0.2) is 18.8 Å². The molecule has 1 aromatic rings. The van der Waals surface area contributed by atoms with Crippen molar-refractivity contribution in [3.05, 3.63) is 22.4 Å². The van der Waals surface area contributed by atoms with E-state index in [1.807, 2.05) is 11.3 Å². The van der Waals surface area contributed by atoms with E-state index in [-0.39, 0.29) is 0 Å². The Labute approximate surface area is 108 Å². The maximum Gasteiger partial charge on any atom is 0.0561 e. The molecule has 0 spiro atoms. The van der Waals surface area contributed by atoms with Gasteiger partial charge in [-0.25, -0.2) is 0 Å². The summed E-state index contributed by atoms with van der Waals surface area (Å²) in [5.74, 6) is 0. The van der Waals surface area contributed by atoms with E-state index in [0.29, 0.717) is 18.2 Å². The van der Waals surface area contributed by atoms with E-state index in [2.05, 4.69) is 36.7 Å². The van der Waals surface area contributed by atoms with Crippen LogP contribution < -0.4 is 5.32 Å². The normalized spacial score (nSPS) is 26.9. The minimum absolute atomic E-state index is 0.409. The second-order valence-corrected chi connectivity index (χ2v) is 5.91. The molecule has 96 valence electrons. The largest absolute Gasteiger partial charge is 0.378 e. The number of thiophene rings is 1. The van der Waals surface area contributed by atoms with E-state index >= 15 is 0 Å². The van der Waals surface area contributed by atoms with Crippen LogP contribution in [0.5, 0.6) is 0 Å². The van der Waals surface area contributed by atoms with E-state index in [4.69, 9.17) is 4.74 Å². The predicted molar refractivity (Wildman–Crippen MR) is 73.5 cm³/mol. The summed E-state index contributed by atoms with van der Waals surface area (Å²) >= 11 is 1.87. The summed E-state index contributed by atoms with van der Waals surface area (Å²) in [6.07, 6.45) is 5.16. The Morgan fingerprint density at radius 2 is 2.47 bits per heavy atom. The van der Waals surface area contributed by atoms with E-state index in [0.717, 1.165) is 19.4 Å². The number of nitrogens with one attached hydrogen (secondary N) is 1. The molecule has 1 aliphatic heterocycles. The molecule has 1 N–H and O–H groups in total. The second-order valence-electron chi connectivity index (χ2n) is 4.93. The third kappa shape index (κ3) is 3.80. The molecule has 1 saturated heterocycles. The Bertz CT molecular complexity index is 312. The molecule has 0 aromatic carbocycles. The third-order valence-corrected chi connectivity index (χ3v) is 4.37. The van der Waals surface area contributed by atoms with Crippen LogP contribution in [0.25, 0.3) is 0 Å². The zero-order valence-electron chi connectivity index (χ0n) is 10.8. The molecular weight excluding hydrogens is 230 g/mol. The van der Waals surface area contributed by atoms with Gasteiger partial charge < -0.3 is 10.1 Å². The first-order valence-corrected chi connectivity index (χ1v) is 7.58. The van der Waals surface area contributed by atoms with Gasteiger partial charge in [-0.3, -0.25) is 0 Å². The monoisotopic (exact) mass is 253 g/mol. The molecule has 3 atom stereocenters. The van der Waals surface area contributed by atoms with Gasteiger partial charge in [0.25, 0.3) is 0 Å². The molecule has 0 aliphatic carbocycles. The molecule has 2 rings (SSSR count). The number of rotatable bonds is 5. The molecule has 17 heavy (non-hydrogen) atoms. The zero-order valence-corrected chi connectivity index (χ0v) is 11.6. The molecule has 1 fully saturated rings. The molecular formula is C14H23NOS. The maximum absolute atomic E-state index is 5.60. The lowest BCUT2D eigenvalue weighted by atomic mass is 10.0. The van der Waals surface area contributed by atoms with E-state index in [1.165, 1.54) is 17.7 Å². The molecule has 3 unspecified atom stereocenters. The number of hydrogen-bond acceptors (Lipinski definition) is 3. The highest BCUT2D eigenvalue weighted by molar-refractivity contribution is 7.10. The van der Waals surface area contributed by atoms with Crippen LogP contribution in [0.4, 0.5) is 0 Å². The highest BCUT2D eigenvalue weighted by atomic mass is 32.1. The van der Waals surface area contributed by atoms with E-state index in [1.54, 1.807) is 0 Å². The standard InChI is InChI=1S/C14H23NOS/c1-3-5-13(14-6-4-9-17-14)15-12-7-8-16-11(2)10-12/h4,6,9,11-13,15H,3,5,7-8,10H2,1-2H3. The number of hydrogen-bond donors (Lipinski definition) is 1. The van der Waals surface area contributed by atoms with Crippen molar-refractivity contribution in [3.63, 3.8) is 0 Å². The average Bonchev–Trinajstić information content (AvgIpc) is 2.82. The van der Waals surface area contributed by atoms with Crippen LogP contribution in [0.2, 0.25) is 0 Å². The maximum atomic E-state index is 5.60. The van der Waals surface area contributed by atoms with Gasteiger partial charge in [0, 0.05) is 23.6 Å². The average molecular weight is 253 g/mol. The second kappa shape index (κ2) is 6.53. The first kappa shape index (κ1) is 13.1. The van der Waals surface area contributed by atoms with Gasteiger partial charge in [-0.15, -0.1) is 11.3 Å². The minimum Gasteiger partial charge on any atom is -0.378 e. The summed E-state index contributed by atoms with van der Waals surface area (Å²) in [4.78, 5) is 1.48. The number of ether oxygens (including phenoxy) is 1. The quantitative estimate of drug-likeness (QED) is 0.863. The lowest BCUT2D eigenvalue weighted by Gasteiger charge is -2.31. The van der Waals surface area contributed by atoms with Gasteiger partial charge in [-0.1, -0.05) is 19.4 Å². The topological polar surface area (TPSA) is 21.3 Å². The van der Waals surface area contributed by atoms with Crippen molar-refractivity contribution in [2.75, 3.05) is 6.61 Å². The molecule has 0 radical (unpaired) electrons. The Kier molecular flexibility index (Phi) is 5.01. The minimum atomic E-state index is 0.409. The van der Waals surface area contributed by atoms with Crippen molar-refractivity contribution in [2.45, 2.75) is 57.7 Å². The van der Waals surface area contributed by atoms with Gasteiger partial charge in [0.05, 0.1) is 6.10 Å². The van der Waals surface area contributed by atoms with Gasteiger partial charge in [0.15, 0.2) is 0 Å². The van der Waals surface area contributed by atoms with E-state index in [9.17, 15) is 0 Å². The Balaban J connectivity index is 1.93. The zero-order chi connectivity index (χ0) is 12.1. The van der Waals surface area contributed by atoms with Gasteiger partial charge >= 0.3 is 0 Å². The SMILES string of the molecule is CCCC(NC1CCOC(C)C1)c1cccs1. The molecule has 0 bridgehead atoms. The first-order valence-electron chi connectivity index (χ1n) is 6.70. The van der Waals surface area contributed by atoms with Gasteiger partial charge in [-0.05, 0) is 37.6 Å². The van der Waals surface area contributed by atoms with Crippen LogP contribution in [0.1, 0.15) is 50.4 Å². The molecule has 2 nitrogen and oxygen atoms in total. The van der Waals surface area contributed by atoms with Crippen LogP contribution in [0.3, 0.4) is 0 Å². The fourth-order valence-corrected chi connectivity index (χ4v) is 3.34. The summed E-state index contributed by atoms with van der Waals surface area (Å²) in [7, 11) is 0. The summed E-state index contributed by atoms with van der Waals surface area (Å²) in [6, 6.07) is 5.56. The van der Waals surface area contributed by atoms with Gasteiger partial charge in [-0.2, -0.15) is 0 Å². The highest BCUT2D eigenvalue weighted by Crippen LogP contribution is 2.25. The van der Waals surface area contributed by atoms with Crippen molar-refractivity contribution >= 4 is 11.3 Å². The van der Waals surface area contributed by atoms with Crippen LogP contribution >= 0.6 is 11.3 Å². The molecule has 1 aromatic heterocycles. The van der Waals surface area contributed by atoms with Crippen LogP contribution in [-0.2, 0) is 4.74 Å². The fraction of sp³-hybridized carbons (Fsp3) is 0.714. The Morgan fingerprint density at radius 3 is 3.12 bits per heavy atom. The molecule has 2 heterocycles. The van der Waals surface area contributed by atoms with Crippen molar-refractivity contribution in [1.82, 2.24) is 5.32 Å². The predicted octanol–water partition coefficient (Wildman–Crippen LogP) is 3.75. The van der Waals surface area contributed by atoms with Crippen LogP contribution in [0.15, 0.2) is 17.5 Å². The molecule has 0 saturated carbocycles.